The van der Waals surface area contributed by atoms with Gasteiger partial charge in [0.15, 0.2) is 22.7 Å². The van der Waals surface area contributed by atoms with E-state index in [0.29, 0.717) is 5.75 Å². The molecule has 12 heteroatoms. The van der Waals surface area contributed by atoms with Gasteiger partial charge in [-0.2, -0.15) is 9.36 Å². The SMILES string of the molecule is CC1=C(C(=O)OC(c2ccccc2)c2ccccc2)N2C(=O)C(CC(=O)/C(=N\OC(c3ccccc3)(c3ccccc3)c3ccccc3)c3nsc(N)n3)[C@H]2SC1. The van der Waals surface area contributed by atoms with Gasteiger partial charge in [-0.25, -0.2) is 4.79 Å². The lowest BCUT2D eigenvalue weighted by Gasteiger charge is -2.49. The molecule has 1 aromatic heterocycles. The van der Waals surface area contributed by atoms with Gasteiger partial charge in [0.05, 0.1) is 11.3 Å². The van der Waals surface area contributed by atoms with Crippen molar-refractivity contribution in [3.63, 3.8) is 0 Å². The molecule has 0 spiro atoms. The molecule has 2 atom stereocenters. The Morgan fingerprint density at radius 3 is 1.77 bits per heavy atom. The summed E-state index contributed by atoms with van der Waals surface area (Å²) in [6.07, 6.45) is -0.907. The van der Waals surface area contributed by atoms with Crippen LogP contribution in [0.2, 0.25) is 0 Å². The van der Waals surface area contributed by atoms with Gasteiger partial charge in [-0.15, -0.1) is 11.8 Å². The minimum Gasteiger partial charge on any atom is -0.448 e. The number of carbonyl (C=O) groups is 3. The van der Waals surface area contributed by atoms with Crippen LogP contribution < -0.4 is 5.73 Å². The lowest BCUT2D eigenvalue weighted by molar-refractivity contribution is -0.157. The van der Waals surface area contributed by atoms with Crippen molar-refractivity contribution in [1.82, 2.24) is 14.3 Å². The van der Waals surface area contributed by atoms with Crippen LogP contribution in [0.4, 0.5) is 5.13 Å². The van der Waals surface area contributed by atoms with E-state index in [9.17, 15) is 14.4 Å². The van der Waals surface area contributed by atoms with Crippen LogP contribution in [-0.4, -0.2) is 48.8 Å². The van der Waals surface area contributed by atoms with Gasteiger partial charge in [0.25, 0.3) is 0 Å². The van der Waals surface area contributed by atoms with Crippen molar-refractivity contribution < 1.29 is 24.0 Å². The summed E-state index contributed by atoms with van der Waals surface area (Å²) < 4.78 is 10.5. The summed E-state index contributed by atoms with van der Waals surface area (Å²) in [5.74, 6) is -1.74. The van der Waals surface area contributed by atoms with Gasteiger partial charge < -0.3 is 15.3 Å². The molecule has 3 heterocycles. The molecule has 1 amide bonds. The molecule has 0 radical (unpaired) electrons. The van der Waals surface area contributed by atoms with Crippen LogP contribution >= 0.6 is 23.3 Å². The fourth-order valence-corrected chi connectivity index (χ4v) is 9.07. The van der Waals surface area contributed by atoms with Crippen LogP contribution in [-0.2, 0) is 29.6 Å². The van der Waals surface area contributed by atoms with E-state index >= 15 is 0 Å². The number of fused-ring (bicyclic) bond motifs is 1. The number of thioether (sulfide) groups is 1. The first-order chi connectivity index (χ1) is 27.8. The highest BCUT2D eigenvalue weighted by molar-refractivity contribution is 8.00. The van der Waals surface area contributed by atoms with E-state index in [-0.39, 0.29) is 34.7 Å². The third kappa shape index (κ3) is 7.37. The lowest BCUT2D eigenvalue weighted by atomic mass is 9.80. The lowest BCUT2D eigenvalue weighted by Crippen LogP contribution is -2.62. The van der Waals surface area contributed by atoms with Crippen LogP contribution in [0.25, 0.3) is 0 Å². The van der Waals surface area contributed by atoms with Gasteiger partial charge in [-0.1, -0.05) is 157 Å². The Balaban J connectivity index is 1.09. The highest BCUT2D eigenvalue weighted by Crippen LogP contribution is 2.46. The van der Waals surface area contributed by atoms with Crippen LogP contribution in [0.5, 0.6) is 0 Å². The molecule has 57 heavy (non-hydrogen) atoms. The molecule has 0 saturated carbocycles. The van der Waals surface area contributed by atoms with Crippen molar-refractivity contribution in [2.75, 3.05) is 11.5 Å². The average Bonchev–Trinajstić information content (AvgIpc) is 3.70. The number of benzene rings is 5. The molecule has 284 valence electrons. The van der Waals surface area contributed by atoms with Gasteiger partial charge in [-0.3, -0.25) is 14.5 Å². The fourth-order valence-electron chi connectivity index (χ4n) is 7.28. The summed E-state index contributed by atoms with van der Waals surface area (Å²) in [7, 11) is 0. The number of hydrogen-bond donors (Lipinski definition) is 1. The monoisotopic (exact) mass is 791 g/mol. The van der Waals surface area contributed by atoms with Crippen LogP contribution in [0.15, 0.2) is 168 Å². The zero-order valence-electron chi connectivity index (χ0n) is 30.8. The number of aromatic nitrogens is 2. The molecule has 0 aliphatic carbocycles. The summed E-state index contributed by atoms with van der Waals surface area (Å²) in [6, 6.07) is 47.9. The number of ketones is 1. The third-order valence-corrected chi connectivity index (χ3v) is 12.1. The van der Waals surface area contributed by atoms with Crippen molar-refractivity contribution in [2.45, 2.75) is 30.4 Å². The number of nitrogens with zero attached hydrogens (tertiary/aromatic N) is 4. The smallest absolute Gasteiger partial charge is 0.356 e. The quantitative estimate of drug-likeness (QED) is 0.0407. The second-order valence-corrected chi connectivity index (χ2v) is 15.5. The normalized spacial score (nSPS) is 16.8. The van der Waals surface area contributed by atoms with E-state index in [1.807, 2.05) is 159 Å². The molecule has 2 N–H and O–H groups in total. The van der Waals surface area contributed by atoms with Crippen molar-refractivity contribution in [2.24, 2.45) is 11.1 Å². The topological polar surface area (TPSA) is 137 Å². The largest absolute Gasteiger partial charge is 0.448 e. The van der Waals surface area contributed by atoms with Crippen molar-refractivity contribution in [3.8, 4) is 0 Å². The third-order valence-electron chi connectivity index (χ3n) is 10.0. The van der Waals surface area contributed by atoms with Crippen LogP contribution in [0, 0.1) is 5.92 Å². The average molecular weight is 792 g/mol. The first-order valence-electron chi connectivity index (χ1n) is 18.4. The zero-order chi connectivity index (χ0) is 39.4. The second-order valence-electron chi connectivity index (χ2n) is 13.6. The molecule has 1 unspecified atom stereocenters. The molecule has 2 aliphatic heterocycles. The number of nitrogen functional groups attached to an aromatic ring is 1. The number of ether oxygens (including phenoxy) is 1. The Morgan fingerprint density at radius 1 is 0.807 bits per heavy atom. The summed E-state index contributed by atoms with van der Waals surface area (Å²) in [4.78, 5) is 55.0. The Kier molecular flexibility index (Phi) is 10.8. The standard InChI is InChI=1S/C45H37N5O5S2/c1-29-28-56-42-35(41(52)50(42)38(29)43(53)54-39(30-17-7-2-8-18-30)31-19-9-3-10-20-31)27-36(51)37(40-47-44(46)57-49-40)48-55-45(32-21-11-4-12-22-32,33-23-13-5-14-24-33)34-25-15-6-16-26-34/h2-26,35,39,42H,27-28H2,1H3,(H2,46,47,49)/b48-37+/t35?,42-/m1/s1. The summed E-state index contributed by atoms with van der Waals surface area (Å²) in [5.41, 5.74) is 9.41. The number of amides is 1. The molecule has 1 saturated heterocycles. The number of rotatable bonds is 13. The van der Waals surface area contributed by atoms with Gasteiger partial charge in [0, 0.05) is 40.4 Å². The first kappa shape index (κ1) is 37.5. The summed E-state index contributed by atoms with van der Waals surface area (Å²) in [5, 5.41) is 4.24. The van der Waals surface area contributed by atoms with E-state index in [2.05, 4.69) is 14.5 Å². The molecule has 1 fully saturated rings. The second kappa shape index (κ2) is 16.4. The van der Waals surface area contributed by atoms with E-state index in [1.165, 1.54) is 16.7 Å². The number of Topliss-reactive ketones (excluding diaryl/α,β-unsaturated/α-hetero) is 1. The molecule has 6 aromatic rings. The van der Waals surface area contributed by atoms with Crippen molar-refractivity contribution >= 4 is 51.8 Å². The van der Waals surface area contributed by atoms with E-state index < -0.39 is 34.7 Å². The first-order valence-corrected chi connectivity index (χ1v) is 20.2. The molecule has 8 rings (SSSR count). The minimum absolute atomic E-state index is 0.00150. The number of oxime groups is 1. The zero-order valence-corrected chi connectivity index (χ0v) is 32.4. The molecular formula is C45H37N5O5S2. The Morgan fingerprint density at radius 2 is 1.30 bits per heavy atom. The summed E-state index contributed by atoms with van der Waals surface area (Å²) in [6.45, 7) is 1.82. The fraction of sp³-hybridized carbons (Fsp3) is 0.156. The maximum atomic E-state index is 14.4. The number of nitrogens with two attached hydrogens (primary N) is 1. The number of carbonyl (C=O) groups excluding carboxylic acids is 3. The minimum atomic E-state index is -1.28. The Bertz CT molecular complexity index is 2310. The van der Waals surface area contributed by atoms with Crippen molar-refractivity contribution in [1.29, 1.82) is 0 Å². The molecule has 0 bridgehead atoms. The molecular weight excluding hydrogens is 755 g/mol. The predicted octanol–water partition coefficient (Wildman–Crippen LogP) is 7.93. The van der Waals surface area contributed by atoms with Crippen LogP contribution in [0.1, 0.15) is 53.1 Å². The summed E-state index contributed by atoms with van der Waals surface area (Å²) >= 11 is 2.42. The predicted molar refractivity (Wildman–Crippen MR) is 221 cm³/mol. The van der Waals surface area contributed by atoms with E-state index in [4.69, 9.17) is 15.3 Å². The van der Waals surface area contributed by atoms with E-state index in [0.717, 1.165) is 44.9 Å². The van der Waals surface area contributed by atoms with Crippen molar-refractivity contribution in [3.05, 3.63) is 197 Å². The number of anilines is 1. The Labute approximate surface area is 338 Å². The van der Waals surface area contributed by atoms with Gasteiger partial charge in [0.2, 0.25) is 17.3 Å². The maximum absolute atomic E-state index is 14.4. The Hall–Kier alpha value is -6.37. The number of β-lactam (4-membered cyclic amide) rings is 1. The molecule has 2 aliphatic rings. The van der Waals surface area contributed by atoms with Crippen LogP contribution in [0.3, 0.4) is 0 Å². The maximum Gasteiger partial charge on any atom is 0.356 e. The van der Waals surface area contributed by atoms with Gasteiger partial charge in [0.1, 0.15) is 5.70 Å². The van der Waals surface area contributed by atoms with Gasteiger partial charge >= 0.3 is 5.97 Å². The highest BCUT2D eigenvalue weighted by Gasteiger charge is 2.54. The van der Waals surface area contributed by atoms with E-state index in [1.54, 1.807) is 0 Å². The highest BCUT2D eigenvalue weighted by atomic mass is 32.2. The number of esters is 1. The number of hydrogen-bond acceptors (Lipinski definition) is 11. The van der Waals surface area contributed by atoms with Gasteiger partial charge in [-0.05, 0) is 23.6 Å². The molecule has 10 nitrogen and oxygen atoms in total. The molecule has 5 aromatic carbocycles.